The summed E-state index contributed by atoms with van der Waals surface area (Å²) in [6.07, 6.45) is 1.78. The molecular weight excluding hydrogens is 302 g/mol. The Balaban J connectivity index is 1.81. The van der Waals surface area contributed by atoms with E-state index in [0.717, 1.165) is 21.6 Å². The van der Waals surface area contributed by atoms with E-state index in [1.54, 1.807) is 17.5 Å². The average molecular weight is 317 g/mol. The summed E-state index contributed by atoms with van der Waals surface area (Å²) in [5.74, 6) is 1.61. The van der Waals surface area contributed by atoms with Gasteiger partial charge in [-0.05, 0) is 29.3 Å². The lowest BCUT2D eigenvalue weighted by Gasteiger charge is -2.16. The Morgan fingerprint density at radius 1 is 1.19 bits per heavy atom. The van der Waals surface area contributed by atoms with Crippen molar-refractivity contribution in [2.75, 3.05) is 0 Å². The van der Waals surface area contributed by atoms with Crippen molar-refractivity contribution in [1.82, 2.24) is 25.1 Å². The second kappa shape index (κ2) is 5.57. The van der Waals surface area contributed by atoms with Gasteiger partial charge in [0.25, 0.3) is 0 Å². The van der Waals surface area contributed by atoms with E-state index in [1.165, 1.54) is 11.8 Å². The van der Waals surface area contributed by atoms with Crippen LogP contribution in [0.15, 0.2) is 40.0 Å². The molecule has 21 heavy (non-hydrogen) atoms. The summed E-state index contributed by atoms with van der Waals surface area (Å²) in [4.78, 5) is 14.5. The van der Waals surface area contributed by atoms with Crippen LogP contribution in [0.3, 0.4) is 0 Å². The maximum absolute atomic E-state index is 4.57. The van der Waals surface area contributed by atoms with Gasteiger partial charge in [0, 0.05) is 11.6 Å². The highest BCUT2D eigenvalue weighted by Crippen LogP contribution is 2.28. The van der Waals surface area contributed by atoms with E-state index in [0.29, 0.717) is 5.16 Å². The van der Waals surface area contributed by atoms with E-state index in [9.17, 15) is 0 Å². The lowest BCUT2D eigenvalue weighted by atomic mass is 9.96. The normalized spacial score (nSPS) is 11.8. The number of aromatic nitrogens is 5. The molecule has 0 fully saturated rings. The largest absolute Gasteiger partial charge is 0.257 e. The Kier molecular flexibility index (Phi) is 3.77. The number of aromatic amines is 1. The predicted octanol–water partition coefficient (Wildman–Crippen LogP) is 3.77. The number of hydrogen-bond acceptors (Lipinski definition) is 6. The Bertz CT molecular complexity index is 728. The van der Waals surface area contributed by atoms with E-state index in [1.807, 2.05) is 23.6 Å². The van der Waals surface area contributed by atoms with Crippen LogP contribution in [-0.4, -0.2) is 25.1 Å². The summed E-state index contributed by atoms with van der Waals surface area (Å²) >= 11 is 3.07. The first-order valence-corrected chi connectivity index (χ1v) is 8.20. The van der Waals surface area contributed by atoms with Crippen LogP contribution in [0, 0.1) is 0 Å². The second-order valence-corrected chi connectivity index (χ2v) is 7.45. The Hall–Kier alpha value is -1.73. The highest BCUT2D eigenvalue weighted by molar-refractivity contribution is 7.99. The van der Waals surface area contributed by atoms with E-state index >= 15 is 0 Å². The number of rotatable bonds is 3. The molecule has 3 aromatic rings. The summed E-state index contributed by atoms with van der Waals surface area (Å²) in [6.45, 7) is 6.29. The zero-order valence-electron chi connectivity index (χ0n) is 12.0. The monoisotopic (exact) mass is 317 g/mol. The van der Waals surface area contributed by atoms with Gasteiger partial charge in [0.2, 0.25) is 5.16 Å². The minimum atomic E-state index is -0.0717. The van der Waals surface area contributed by atoms with Gasteiger partial charge in [0.05, 0.1) is 4.88 Å². The second-order valence-electron chi connectivity index (χ2n) is 5.51. The van der Waals surface area contributed by atoms with E-state index in [2.05, 4.69) is 45.9 Å². The Morgan fingerprint density at radius 3 is 2.76 bits per heavy atom. The lowest BCUT2D eigenvalue weighted by molar-refractivity contribution is 0.538. The first-order chi connectivity index (χ1) is 10.0. The van der Waals surface area contributed by atoms with Crippen LogP contribution in [0.5, 0.6) is 0 Å². The van der Waals surface area contributed by atoms with Crippen LogP contribution >= 0.6 is 23.1 Å². The van der Waals surface area contributed by atoms with Crippen LogP contribution in [0.25, 0.3) is 10.7 Å². The molecule has 0 amide bonds. The fourth-order valence-electron chi connectivity index (χ4n) is 1.67. The fraction of sp³-hybridized carbons (Fsp3) is 0.286. The molecule has 3 aromatic heterocycles. The smallest absolute Gasteiger partial charge is 0.215 e. The van der Waals surface area contributed by atoms with E-state index in [-0.39, 0.29) is 5.41 Å². The summed E-state index contributed by atoms with van der Waals surface area (Å²) in [5, 5.41) is 10.7. The van der Waals surface area contributed by atoms with Crippen LogP contribution in [0.4, 0.5) is 0 Å². The molecule has 1 N–H and O–H groups in total. The molecule has 3 heterocycles. The van der Waals surface area contributed by atoms with Crippen molar-refractivity contribution in [3.63, 3.8) is 0 Å². The zero-order valence-corrected chi connectivity index (χ0v) is 13.6. The maximum atomic E-state index is 4.57. The zero-order chi connectivity index (χ0) is 14.9. The van der Waals surface area contributed by atoms with Crippen molar-refractivity contribution in [3.8, 4) is 10.7 Å². The van der Waals surface area contributed by atoms with Gasteiger partial charge < -0.3 is 0 Å². The van der Waals surface area contributed by atoms with E-state index in [4.69, 9.17) is 0 Å². The van der Waals surface area contributed by atoms with Crippen molar-refractivity contribution in [1.29, 1.82) is 0 Å². The molecule has 3 rings (SSSR count). The molecule has 0 aliphatic carbocycles. The average Bonchev–Trinajstić information content (AvgIpc) is 3.08. The van der Waals surface area contributed by atoms with Gasteiger partial charge in [0.15, 0.2) is 5.82 Å². The van der Waals surface area contributed by atoms with Gasteiger partial charge in [-0.2, -0.15) is 0 Å². The molecule has 0 aliphatic heterocycles. The summed E-state index contributed by atoms with van der Waals surface area (Å²) < 4.78 is 0. The molecule has 0 saturated heterocycles. The molecule has 0 spiro atoms. The van der Waals surface area contributed by atoms with Gasteiger partial charge in [-0.15, -0.1) is 16.4 Å². The van der Waals surface area contributed by atoms with Crippen LogP contribution in [0.2, 0.25) is 0 Å². The van der Waals surface area contributed by atoms with Gasteiger partial charge in [-0.25, -0.2) is 15.0 Å². The fourth-order valence-corrected chi connectivity index (χ4v) is 3.01. The SMILES string of the molecule is CC(C)(C)c1nccc(Sc2n[nH]c(-c3cccs3)n2)n1. The first kappa shape index (κ1) is 14.2. The van der Waals surface area contributed by atoms with Gasteiger partial charge in [0.1, 0.15) is 10.9 Å². The summed E-state index contributed by atoms with van der Waals surface area (Å²) in [5.41, 5.74) is -0.0717. The standard InChI is InChI=1S/C14H15N5S2/c1-14(2,3)12-15-7-6-10(16-12)21-13-17-11(18-19-13)9-5-4-8-20-9/h4-8H,1-3H3,(H,17,18,19). The summed E-state index contributed by atoms with van der Waals surface area (Å²) in [7, 11) is 0. The van der Waals surface area contributed by atoms with E-state index < -0.39 is 0 Å². The van der Waals surface area contributed by atoms with Crippen molar-refractivity contribution >= 4 is 23.1 Å². The molecular formula is C14H15N5S2. The minimum Gasteiger partial charge on any atom is -0.257 e. The lowest BCUT2D eigenvalue weighted by Crippen LogP contribution is -2.15. The number of nitrogens with zero attached hydrogens (tertiary/aromatic N) is 4. The number of thiophene rings is 1. The molecule has 0 unspecified atom stereocenters. The third kappa shape index (κ3) is 3.30. The quantitative estimate of drug-likeness (QED) is 0.745. The van der Waals surface area contributed by atoms with Crippen LogP contribution in [-0.2, 0) is 5.41 Å². The molecule has 0 aliphatic rings. The van der Waals surface area contributed by atoms with Crippen molar-refractivity contribution in [2.45, 2.75) is 36.4 Å². The summed E-state index contributed by atoms with van der Waals surface area (Å²) in [6, 6.07) is 5.89. The highest BCUT2D eigenvalue weighted by atomic mass is 32.2. The highest BCUT2D eigenvalue weighted by Gasteiger charge is 2.18. The third-order valence-corrected chi connectivity index (χ3v) is 4.39. The third-order valence-electron chi connectivity index (χ3n) is 2.72. The Morgan fingerprint density at radius 2 is 2.05 bits per heavy atom. The molecule has 5 nitrogen and oxygen atoms in total. The van der Waals surface area contributed by atoms with Crippen molar-refractivity contribution in [3.05, 3.63) is 35.6 Å². The van der Waals surface area contributed by atoms with Crippen LogP contribution < -0.4 is 0 Å². The first-order valence-electron chi connectivity index (χ1n) is 6.50. The van der Waals surface area contributed by atoms with Crippen molar-refractivity contribution < 1.29 is 0 Å². The molecule has 0 bridgehead atoms. The maximum Gasteiger partial charge on any atom is 0.215 e. The topological polar surface area (TPSA) is 67.3 Å². The Labute approximate surface area is 131 Å². The molecule has 0 radical (unpaired) electrons. The number of nitrogens with one attached hydrogen (secondary N) is 1. The molecule has 0 atom stereocenters. The van der Waals surface area contributed by atoms with Crippen molar-refractivity contribution in [2.24, 2.45) is 0 Å². The molecule has 0 aromatic carbocycles. The van der Waals surface area contributed by atoms with Gasteiger partial charge >= 0.3 is 0 Å². The minimum absolute atomic E-state index is 0.0717. The van der Waals surface area contributed by atoms with Crippen LogP contribution in [0.1, 0.15) is 26.6 Å². The molecule has 0 saturated carbocycles. The van der Waals surface area contributed by atoms with Gasteiger partial charge in [-0.1, -0.05) is 26.8 Å². The molecule has 108 valence electrons. The predicted molar refractivity (Wildman–Crippen MR) is 84.6 cm³/mol. The number of hydrogen-bond donors (Lipinski definition) is 1. The molecule has 7 heteroatoms. The number of H-pyrrole nitrogens is 1. The van der Waals surface area contributed by atoms with Gasteiger partial charge in [-0.3, -0.25) is 5.10 Å².